The standard InChI is InChI=1S/C28H36O9/c1-22(2)17(11-18(29)34-6)24(4)20(31)16-12-28(37-25(16,22)5)26(24,32)9-8-23(3)21(15-7-10-35-14-15)36-19(30)13-27(23,28)33/h7,10,14,16-17,21,32-33H,8-9,11-13H2,1-6H3/t16-,17-,21-,23-,24+,25+,26-,27-,28-/m0/s1. The zero-order chi connectivity index (χ0) is 27.0. The number of methoxy groups -OCH3 is 1. The molecule has 3 bridgehead atoms. The molecular formula is C28H36O9. The van der Waals surface area contributed by atoms with Gasteiger partial charge in [-0.15, -0.1) is 0 Å². The second-order valence-electron chi connectivity index (χ2n) is 13.2. The predicted molar refractivity (Wildman–Crippen MR) is 127 cm³/mol. The SMILES string of the molecule is COC(=O)C[C@H]1C(C)(C)[C@]2(C)O[C@@]34C[C@H]2C(=O)[C@]1(C)[C@@]3(O)CC[C@@]1(C)[C@H](c2ccoc2)OC(=O)C[C@@]41O. The van der Waals surface area contributed by atoms with Crippen LogP contribution in [0.3, 0.4) is 0 Å². The molecule has 3 saturated carbocycles. The van der Waals surface area contributed by atoms with Crippen LogP contribution in [0.2, 0.25) is 0 Å². The number of carbonyl (C=O) groups is 3. The zero-order valence-corrected chi connectivity index (χ0v) is 22.3. The molecule has 1 aromatic heterocycles. The second-order valence-corrected chi connectivity index (χ2v) is 13.2. The number of ether oxygens (including phenoxy) is 3. The number of furan rings is 1. The number of rotatable bonds is 3. The average molecular weight is 517 g/mol. The molecule has 3 heterocycles. The quantitative estimate of drug-likeness (QED) is 0.582. The molecule has 0 unspecified atom stereocenters. The van der Waals surface area contributed by atoms with E-state index >= 15 is 0 Å². The van der Waals surface area contributed by atoms with E-state index in [1.165, 1.54) is 19.6 Å². The summed E-state index contributed by atoms with van der Waals surface area (Å²) in [5.41, 5.74) is -9.05. The van der Waals surface area contributed by atoms with Gasteiger partial charge in [0.2, 0.25) is 0 Å². The summed E-state index contributed by atoms with van der Waals surface area (Å²) < 4.78 is 23.1. The summed E-state index contributed by atoms with van der Waals surface area (Å²) >= 11 is 0. The Hall–Kier alpha value is -2.23. The van der Waals surface area contributed by atoms with Gasteiger partial charge in [0.1, 0.15) is 28.7 Å². The minimum atomic E-state index is -1.86. The Kier molecular flexibility index (Phi) is 4.64. The van der Waals surface area contributed by atoms with E-state index in [4.69, 9.17) is 18.6 Å². The van der Waals surface area contributed by atoms with Crippen LogP contribution in [-0.2, 0) is 28.6 Å². The molecule has 9 heteroatoms. The number of cyclic esters (lactones) is 1. The fraction of sp³-hybridized carbons (Fsp3) is 0.750. The number of ketones is 1. The van der Waals surface area contributed by atoms with E-state index in [1.807, 2.05) is 27.7 Å². The van der Waals surface area contributed by atoms with Crippen LogP contribution in [0.1, 0.15) is 78.4 Å². The van der Waals surface area contributed by atoms with Crippen molar-refractivity contribution in [2.24, 2.45) is 28.1 Å². The summed E-state index contributed by atoms with van der Waals surface area (Å²) in [6.07, 6.45) is 2.16. The highest BCUT2D eigenvalue weighted by Crippen LogP contribution is 2.80. The molecule has 5 aliphatic rings. The van der Waals surface area contributed by atoms with Crippen LogP contribution in [0.25, 0.3) is 0 Å². The Morgan fingerprint density at radius 1 is 1.11 bits per heavy atom. The Balaban J connectivity index is 1.62. The molecule has 9 atom stereocenters. The van der Waals surface area contributed by atoms with Gasteiger partial charge in [0.25, 0.3) is 0 Å². The van der Waals surface area contributed by atoms with Crippen molar-refractivity contribution in [3.63, 3.8) is 0 Å². The lowest BCUT2D eigenvalue weighted by Gasteiger charge is -2.71. The molecule has 202 valence electrons. The largest absolute Gasteiger partial charge is 0.472 e. The summed E-state index contributed by atoms with van der Waals surface area (Å²) in [5.74, 6) is -2.49. The van der Waals surface area contributed by atoms with Crippen LogP contribution < -0.4 is 0 Å². The van der Waals surface area contributed by atoms with Gasteiger partial charge in [-0.25, -0.2) is 0 Å². The molecule has 2 N–H and O–H groups in total. The lowest BCUT2D eigenvalue weighted by molar-refractivity contribution is -0.363. The third kappa shape index (κ3) is 2.34. The van der Waals surface area contributed by atoms with Gasteiger partial charge < -0.3 is 28.8 Å². The molecule has 0 amide bonds. The molecule has 6 rings (SSSR count). The second kappa shape index (κ2) is 6.85. The molecule has 3 aliphatic carbocycles. The third-order valence-electron chi connectivity index (χ3n) is 12.0. The van der Waals surface area contributed by atoms with Crippen molar-refractivity contribution >= 4 is 17.7 Å². The molecule has 0 radical (unpaired) electrons. The van der Waals surface area contributed by atoms with Crippen molar-refractivity contribution in [2.45, 2.75) is 95.2 Å². The van der Waals surface area contributed by atoms with Gasteiger partial charge in [0, 0.05) is 17.4 Å². The van der Waals surface area contributed by atoms with Crippen molar-refractivity contribution in [1.29, 1.82) is 0 Å². The molecule has 0 aromatic carbocycles. The minimum absolute atomic E-state index is 0.0782. The highest BCUT2D eigenvalue weighted by molar-refractivity contribution is 5.94. The Morgan fingerprint density at radius 3 is 2.43 bits per heavy atom. The first kappa shape index (κ1) is 25.1. The van der Waals surface area contributed by atoms with Gasteiger partial charge in [-0.05, 0) is 50.5 Å². The highest BCUT2D eigenvalue weighted by Gasteiger charge is 2.91. The fourth-order valence-electron chi connectivity index (χ4n) is 9.59. The topological polar surface area (TPSA) is 132 Å². The molecule has 2 saturated heterocycles. The third-order valence-corrected chi connectivity index (χ3v) is 12.0. The van der Waals surface area contributed by atoms with E-state index in [0.717, 1.165) is 0 Å². The van der Waals surface area contributed by atoms with Crippen molar-refractivity contribution in [3.05, 3.63) is 24.2 Å². The van der Waals surface area contributed by atoms with Crippen molar-refractivity contribution in [1.82, 2.24) is 0 Å². The van der Waals surface area contributed by atoms with E-state index in [1.54, 1.807) is 13.0 Å². The van der Waals surface area contributed by atoms with Gasteiger partial charge in [0.05, 0.1) is 43.0 Å². The van der Waals surface area contributed by atoms with Crippen LogP contribution >= 0.6 is 0 Å². The van der Waals surface area contributed by atoms with Gasteiger partial charge in [-0.1, -0.05) is 20.8 Å². The first-order chi connectivity index (χ1) is 17.1. The van der Waals surface area contributed by atoms with E-state index in [2.05, 4.69) is 0 Å². The molecule has 37 heavy (non-hydrogen) atoms. The normalized spacial score (nSPS) is 51.3. The van der Waals surface area contributed by atoms with Gasteiger partial charge in [-0.3, -0.25) is 14.4 Å². The number of aliphatic hydroxyl groups is 2. The zero-order valence-electron chi connectivity index (χ0n) is 22.3. The lowest BCUT2D eigenvalue weighted by Crippen LogP contribution is -2.84. The van der Waals surface area contributed by atoms with Crippen LogP contribution in [0.4, 0.5) is 0 Å². The lowest BCUT2D eigenvalue weighted by atomic mass is 9.34. The summed E-state index contributed by atoms with van der Waals surface area (Å²) in [4.78, 5) is 40.0. The maximum Gasteiger partial charge on any atom is 0.309 e. The molecule has 1 spiro atoms. The minimum Gasteiger partial charge on any atom is -0.472 e. The number of Topliss-reactive ketones (excluding diaryl/α,β-unsaturated/α-hetero) is 1. The van der Waals surface area contributed by atoms with Gasteiger partial charge in [-0.2, -0.15) is 0 Å². The van der Waals surface area contributed by atoms with E-state index < -0.39 is 68.5 Å². The smallest absolute Gasteiger partial charge is 0.309 e. The first-order valence-corrected chi connectivity index (χ1v) is 13.1. The van der Waals surface area contributed by atoms with Gasteiger partial charge in [0.15, 0.2) is 0 Å². The van der Waals surface area contributed by atoms with Crippen molar-refractivity contribution in [3.8, 4) is 0 Å². The molecule has 2 aliphatic heterocycles. The Labute approximate surface area is 215 Å². The number of hydrogen-bond acceptors (Lipinski definition) is 9. The summed E-state index contributed by atoms with van der Waals surface area (Å²) in [6.45, 7) is 9.36. The summed E-state index contributed by atoms with van der Waals surface area (Å²) in [5, 5.41) is 25.8. The van der Waals surface area contributed by atoms with Crippen LogP contribution in [0.15, 0.2) is 23.0 Å². The number of esters is 2. The Morgan fingerprint density at radius 2 is 1.81 bits per heavy atom. The first-order valence-electron chi connectivity index (χ1n) is 13.1. The van der Waals surface area contributed by atoms with Crippen molar-refractivity contribution in [2.75, 3.05) is 7.11 Å². The summed E-state index contributed by atoms with van der Waals surface area (Å²) in [6, 6.07) is 1.71. The molecule has 1 aromatic rings. The van der Waals surface area contributed by atoms with E-state index in [9.17, 15) is 24.6 Å². The Bertz CT molecular complexity index is 1210. The van der Waals surface area contributed by atoms with Crippen LogP contribution in [-0.4, -0.2) is 57.4 Å². The fourth-order valence-corrected chi connectivity index (χ4v) is 9.59. The van der Waals surface area contributed by atoms with Crippen molar-refractivity contribution < 1.29 is 43.2 Å². The molecule has 9 nitrogen and oxygen atoms in total. The summed E-state index contributed by atoms with van der Waals surface area (Å²) in [7, 11) is 1.30. The molecule has 5 fully saturated rings. The monoisotopic (exact) mass is 516 g/mol. The number of fused-ring (bicyclic) bond motifs is 3. The van der Waals surface area contributed by atoms with Crippen LogP contribution in [0, 0.1) is 28.1 Å². The number of hydrogen-bond donors (Lipinski definition) is 2. The maximum atomic E-state index is 14.3. The average Bonchev–Trinajstić information content (AvgIpc) is 3.47. The van der Waals surface area contributed by atoms with Crippen LogP contribution in [0.5, 0.6) is 0 Å². The van der Waals surface area contributed by atoms with E-state index in [-0.39, 0.29) is 37.9 Å². The highest BCUT2D eigenvalue weighted by atomic mass is 16.6. The predicted octanol–water partition coefficient (Wildman–Crippen LogP) is 2.87. The number of carbonyl (C=O) groups excluding carboxylic acids is 3. The van der Waals surface area contributed by atoms with Gasteiger partial charge >= 0.3 is 11.9 Å². The molecular weight excluding hydrogens is 480 g/mol. The maximum absolute atomic E-state index is 14.3. The van der Waals surface area contributed by atoms with E-state index in [0.29, 0.717) is 5.56 Å².